The van der Waals surface area contributed by atoms with E-state index in [-0.39, 0.29) is 11.7 Å². The molecule has 1 aliphatic heterocycles. The number of rotatable bonds is 4. The maximum absolute atomic E-state index is 12.9. The first-order valence-corrected chi connectivity index (χ1v) is 8.74. The van der Waals surface area contributed by atoms with Gasteiger partial charge in [0.1, 0.15) is 0 Å². The molecule has 24 heavy (non-hydrogen) atoms. The average Bonchev–Trinajstić information content (AvgIpc) is 3.07. The molecule has 126 valence electrons. The Bertz CT molecular complexity index is 707. The number of carbonyl (C=O) groups excluding carboxylic acids is 2. The summed E-state index contributed by atoms with van der Waals surface area (Å²) in [5, 5.41) is 0. The fourth-order valence-electron chi connectivity index (χ4n) is 2.76. The molecule has 0 saturated carbocycles. The van der Waals surface area contributed by atoms with E-state index in [0.29, 0.717) is 23.3 Å². The van der Waals surface area contributed by atoms with Crippen molar-refractivity contribution in [3.05, 3.63) is 58.5 Å². The number of piperidine rings is 1. The van der Waals surface area contributed by atoms with Crippen molar-refractivity contribution in [3.8, 4) is 0 Å². The Morgan fingerprint density at radius 2 is 1.75 bits per heavy atom. The number of benzene rings is 1. The van der Waals surface area contributed by atoms with Crippen LogP contribution in [0.25, 0.3) is 0 Å². The first kappa shape index (κ1) is 16.8. The van der Waals surface area contributed by atoms with E-state index in [2.05, 4.69) is 15.9 Å². The smallest absolute Gasteiger partial charge is 0.375 e. The number of amides is 1. The number of esters is 1. The Morgan fingerprint density at radius 1 is 1.04 bits per heavy atom. The van der Waals surface area contributed by atoms with Gasteiger partial charge in [0.2, 0.25) is 11.9 Å². The molecule has 0 radical (unpaired) electrons. The number of likely N-dealkylation sites (tertiary alicyclic amines) is 1. The van der Waals surface area contributed by atoms with Crippen LogP contribution in [0, 0.1) is 0 Å². The third-order valence-corrected chi connectivity index (χ3v) is 4.42. The summed E-state index contributed by atoms with van der Waals surface area (Å²) in [6.07, 6.45) is 2.12. The van der Waals surface area contributed by atoms with Gasteiger partial charge in [-0.25, -0.2) is 4.79 Å². The highest BCUT2D eigenvalue weighted by molar-refractivity contribution is 9.10. The molecule has 1 saturated heterocycles. The van der Waals surface area contributed by atoms with Crippen LogP contribution >= 0.6 is 15.9 Å². The van der Waals surface area contributed by atoms with Crippen molar-refractivity contribution in [2.75, 3.05) is 13.1 Å². The van der Waals surface area contributed by atoms with Gasteiger partial charge in [0.25, 0.3) is 5.91 Å². The summed E-state index contributed by atoms with van der Waals surface area (Å²) < 4.78 is 11.2. The van der Waals surface area contributed by atoms with Crippen LogP contribution in [0.4, 0.5) is 0 Å². The number of hydrogen-bond donors (Lipinski definition) is 0. The zero-order valence-corrected chi connectivity index (χ0v) is 14.7. The van der Waals surface area contributed by atoms with Gasteiger partial charge >= 0.3 is 5.97 Å². The van der Waals surface area contributed by atoms with Gasteiger partial charge in [-0.05, 0) is 47.3 Å². The number of hydrogen-bond acceptors (Lipinski definition) is 4. The molecule has 1 fully saturated rings. The van der Waals surface area contributed by atoms with Crippen LogP contribution in [-0.4, -0.2) is 29.9 Å². The lowest BCUT2D eigenvalue weighted by Gasteiger charge is -2.30. The van der Waals surface area contributed by atoms with Crippen LogP contribution in [0.5, 0.6) is 0 Å². The minimum Gasteiger partial charge on any atom is -0.442 e. The van der Waals surface area contributed by atoms with E-state index in [1.54, 1.807) is 23.1 Å². The van der Waals surface area contributed by atoms with Crippen LogP contribution in [0.2, 0.25) is 0 Å². The molecule has 3 rings (SSSR count). The Balaban J connectivity index is 1.82. The lowest BCUT2D eigenvalue weighted by atomic mass is 10.1. The highest BCUT2D eigenvalue weighted by Crippen LogP contribution is 2.25. The highest BCUT2D eigenvalue weighted by atomic mass is 79.9. The predicted molar refractivity (Wildman–Crippen MR) is 91.4 cm³/mol. The Hall–Kier alpha value is -2.08. The van der Waals surface area contributed by atoms with Gasteiger partial charge in [0.05, 0.1) is 0 Å². The molecular weight excluding hydrogens is 374 g/mol. The molecule has 0 aliphatic carbocycles. The summed E-state index contributed by atoms with van der Waals surface area (Å²) in [7, 11) is 0. The second-order valence-corrected chi connectivity index (χ2v) is 6.47. The lowest BCUT2D eigenvalue weighted by Crippen LogP contribution is -2.40. The molecule has 6 heteroatoms. The van der Waals surface area contributed by atoms with Gasteiger partial charge in [-0.2, -0.15) is 0 Å². The Labute approximate surface area is 148 Å². The van der Waals surface area contributed by atoms with Gasteiger partial charge in [-0.1, -0.05) is 30.3 Å². The van der Waals surface area contributed by atoms with Crippen molar-refractivity contribution in [3.63, 3.8) is 0 Å². The molecule has 0 N–H and O–H groups in total. The second-order valence-electron chi connectivity index (χ2n) is 5.69. The summed E-state index contributed by atoms with van der Waals surface area (Å²) >= 11 is 3.15. The van der Waals surface area contributed by atoms with Crippen molar-refractivity contribution in [2.24, 2.45) is 0 Å². The molecule has 1 amide bonds. The number of furan rings is 1. The van der Waals surface area contributed by atoms with E-state index in [4.69, 9.17) is 9.15 Å². The van der Waals surface area contributed by atoms with E-state index in [1.807, 2.05) is 18.2 Å². The zero-order chi connectivity index (χ0) is 16.9. The number of nitrogens with zero attached hydrogens (tertiary/aromatic N) is 1. The minimum atomic E-state index is -0.958. The normalized spacial score (nSPS) is 15.8. The first-order chi connectivity index (χ1) is 11.6. The topological polar surface area (TPSA) is 59.8 Å². The van der Waals surface area contributed by atoms with Crippen molar-refractivity contribution in [2.45, 2.75) is 25.4 Å². The molecule has 1 aromatic heterocycles. The summed E-state index contributed by atoms with van der Waals surface area (Å²) in [5.41, 5.74) is 0.659. The van der Waals surface area contributed by atoms with E-state index < -0.39 is 12.1 Å². The van der Waals surface area contributed by atoms with Gasteiger partial charge < -0.3 is 14.1 Å². The van der Waals surface area contributed by atoms with E-state index in [9.17, 15) is 9.59 Å². The van der Waals surface area contributed by atoms with Crippen LogP contribution in [0.15, 0.2) is 51.6 Å². The summed E-state index contributed by atoms with van der Waals surface area (Å²) in [6, 6.07) is 12.2. The average molecular weight is 392 g/mol. The van der Waals surface area contributed by atoms with Gasteiger partial charge in [-0.15, -0.1) is 0 Å². The number of halogens is 1. The quantitative estimate of drug-likeness (QED) is 0.740. The molecule has 2 heterocycles. The van der Waals surface area contributed by atoms with Gasteiger partial charge in [0, 0.05) is 18.7 Å². The molecule has 0 unspecified atom stereocenters. The predicted octanol–water partition coefficient (Wildman–Crippen LogP) is 3.95. The van der Waals surface area contributed by atoms with E-state index in [1.165, 1.54) is 6.07 Å². The second kappa shape index (κ2) is 7.66. The van der Waals surface area contributed by atoms with Crippen molar-refractivity contribution >= 4 is 27.8 Å². The van der Waals surface area contributed by atoms with Gasteiger partial charge in [0.15, 0.2) is 4.67 Å². The maximum atomic E-state index is 12.9. The molecule has 5 nitrogen and oxygen atoms in total. The Kier molecular flexibility index (Phi) is 5.35. The van der Waals surface area contributed by atoms with Crippen molar-refractivity contribution in [1.29, 1.82) is 0 Å². The van der Waals surface area contributed by atoms with Crippen molar-refractivity contribution in [1.82, 2.24) is 4.90 Å². The molecule has 1 aliphatic rings. The molecule has 0 spiro atoms. The van der Waals surface area contributed by atoms with E-state index >= 15 is 0 Å². The zero-order valence-electron chi connectivity index (χ0n) is 13.1. The monoisotopic (exact) mass is 391 g/mol. The molecule has 1 aromatic carbocycles. The minimum absolute atomic E-state index is 0.0641. The van der Waals surface area contributed by atoms with Crippen LogP contribution in [0.3, 0.4) is 0 Å². The summed E-state index contributed by atoms with van der Waals surface area (Å²) in [4.78, 5) is 27.0. The molecule has 2 aromatic rings. The molecule has 0 bridgehead atoms. The standard InChI is InChI=1S/C18H18BrNO4/c19-15-10-9-14(23-15)18(22)24-16(13-7-3-1-4-8-13)17(21)20-11-5-2-6-12-20/h1,3-4,7-10,16H,2,5-6,11-12H2/t16-/m0/s1. The van der Waals surface area contributed by atoms with Crippen LogP contribution in [-0.2, 0) is 9.53 Å². The van der Waals surface area contributed by atoms with Crippen LogP contribution in [0.1, 0.15) is 41.5 Å². The van der Waals surface area contributed by atoms with E-state index in [0.717, 1.165) is 19.3 Å². The lowest BCUT2D eigenvalue weighted by molar-refractivity contribution is -0.142. The fraction of sp³-hybridized carbons (Fsp3) is 0.333. The van der Waals surface area contributed by atoms with Crippen molar-refractivity contribution < 1.29 is 18.7 Å². The highest BCUT2D eigenvalue weighted by Gasteiger charge is 2.31. The third-order valence-electron chi connectivity index (χ3n) is 3.99. The Morgan fingerprint density at radius 3 is 2.38 bits per heavy atom. The SMILES string of the molecule is O=C(O[C@H](C(=O)N1CCCCC1)c1ccccc1)c1ccc(Br)o1. The largest absolute Gasteiger partial charge is 0.442 e. The number of ether oxygens (including phenoxy) is 1. The fourth-order valence-corrected chi connectivity index (χ4v) is 3.06. The third kappa shape index (κ3) is 3.87. The first-order valence-electron chi connectivity index (χ1n) is 7.95. The van der Waals surface area contributed by atoms with Gasteiger partial charge in [-0.3, -0.25) is 4.79 Å². The molecular formula is C18H18BrNO4. The van der Waals surface area contributed by atoms with Crippen LogP contribution < -0.4 is 0 Å². The summed E-state index contributed by atoms with van der Waals surface area (Å²) in [6.45, 7) is 1.40. The molecule has 1 atom stereocenters. The summed E-state index contributed by atoms with van der Waals surface area (Å²) in [5.74, 6) is -0.769. The maximum Gasteiger partial charge on any atom is 0.375 e. The number of carbonyl (C=O) groups is 2.